The van der Waals surface area contributed by atoms with Crippen molar-refractivity contribution >= 4 is 27.5 Å². The van der Waals surface area contributed by atoms with Crippen LogP contribution in [0.2, 0.25) is 0 Å². The van der Waals surface area contributed by atoms with E-state index in [-0.39, 0.29) is 18.0 Å². The summed E-state index contributed by atoms with van der Waals surface area (Å²) >= 11 is 1.35. The molecule has 4 rings (SSSR count). The molecule has 4 aromatic rings. The van der Waals surface area contributed by atoms with Crippen molar-refractivity contribution in [2.45, 2.75) is 6.54 Å². The van der Waals surface area contributed by atoms with Crippen LogP contribution in [0.4, 0.5) is 0 Å². The fourth-order valence-electron chi connectivity index (χ4n) is 2.95. The molecule has 0 bridgehead atoms. The Morgan fingerprint density at radius 2 is 2.04 bits per heavy atom. The maximum absolute atomic E-state index is 12.9. The van der Waals surface area contributed by atoms with Crippen molar-refractivity contribution in [3.05, 3.63) is 69.8 Å². The molecule has 0 aliphatic heterocycles. The summed E-state index contributed by atoms with van der Waals surface area (Å²) in [5, 5.41) is 1.83. The SMILES string of the molecule is CN(Cc1nc2ccsc2c(=O)[nH]1)C(=O)c1cnc(-c2ccccc2)n1C. The van der Waals surface area contributed by atoms with Gasteiger partial charge in [0.2, 0.25) is 0 Å². The summed E-state index contributed by atoms with van der Waals surface area (Å²) in [4.78, 5) is 38.0. The maximum atomic E-state index is 12.9. The number of carbonyl (C=O) groups is 1. The van der Waals surface area contributed by atoms with Gasteiger partial charge in [0.1, 0.15) is 22.0 Å². The highest BCUT2D eigenvalue weighted by molar-refractivity contribution is 7.17. The van der Waals surface area contributed by atoms with Gasteiger partial charge in [0.15, 0.2) is 0 Å². The van der Waals surface area contributed by atoms with Crippen LogP contribution in [-0.4, -0.2) is 37.4 Å². The fourth-order valence-corrected chi connectivity index (χ4v) is 3.68. The summed E-state index contributed by atoms with van der Waals surface area (Å²) < 4.78 is 2.36. The molecule has 0 atom stereocenters. The van der Waals surface area contributed by atoms with E-state index in [1.165, 1.54) is 16.2 Å². The van der Waals surface area contributed by atoms with E-state index in [1.54, 1.807) is 23.9 Å². The minimum atomic E-state index is -0.194. The molecular formula is C19H17N5O2S. The molecule has 0 fully saturated rings. The van der Waals surface area contributed by atoms with E-state index >= 15 is 0 Å². The van der Waals surface area contributed by atoms with Crippen molar-refractivity contribution in [2.24, 2.45) is 7.05 Å². The van der Waals surface area contributed by atoms with Crippen molar-refractivity contribution in [1.29, 1.82) is 0 Å². The molecule has 1 aromatic carbocycles. The van der Waals surface area contributed by atoms with Crippen molar-refractivity contribution in [1.82, 2.24) is 24.4 Å². The standard InChI is InChI=1S/C19H17N5O2S/c1-23(11-15-21-13-8-9-27-16(13)18(25)22-15)19(26)14-10-20-17(24(14)2)12-6-4-3-5-7-12/h3-10H,11H2,1-2H3,(H,21,22,25). The van der Waals surface area contributed by atoms with Crippen LogP contribution in [0.1, 0.15) is 16.3 Å². The first-order valence-electron chi connectivity index (χ1n) is 8.33. The summed E-state index contributed by atoms with van der Waals surface area (Å²) in [6.07, 6.45) is 1.57. The zero-order chi connectivity index (χ0) is 19.0. The predicted molar refractivity (Wildman–Crippen MR) is 105 cm³/mol. The predicted octanol–water partition coefficient (Wildman–Crippen LogP) is 2.66. The molecule has 3 aromatic heterocycles. The lowest BCUT2D eigenvalue weighted by molar-refractivity contribution is 0.0772. The molecule has 0 saturated heterocycles. The Hall–Kier alpha value is -3.26. The number of H-pyrrole nitrogens is 1. The van der Waals surface area contributed by atoms with Crippen LogP contribution in [0.5, 0.6) is 0 Å². The van der Waals surface area contributed by atoms with E-state index in [0.29, 0.717) is 21.7 Å². The number of thiophene rings is 1. The minimum Gasteiger partial charge on any atom is -0.333 e. The first-order valence-corrected chi connectivity index (χ1v) is 9.21. The van der Waals surface area contributed by atoms with Gasteiger partial charge in [-0.3, -0.25) is 9.59 Å². The summed E-state index contributed by atoms with van der Waals surface area (Å²) in [5.74, 6) is 0.978. The second-order valence-electron chi connectivity index (χ2n) is 6.20. The number of aromatic amines is 1. The van der Waals surface area contributed by atoms with Gasteiger partial charge >= 0.3 is 0 Å². The zero-order valence-electron chi connectivity index (χ0n) is 14.8. The molecule has 0 aliphatic rings. The van der Waals surface area contributed by atoms with Crippen molar-refractivity contribution in [2.75, 3.05) is 7.05 Å². The molecule has 0 aliphatic carbocycles. The first-order chi connectivity index (χ1) is 13.0. The van der Waals surface area contributed by atoms with E-state index < -0.39 is 0 Å². The van der Waals surface area contributed by atoms with Crippen molar-refractivity contribution in [3.63, 3.8) is 0 Å². The third kappa shape index (κ3) is 3.15. The first kappa shape index (κ1) is 17.2. The number of fused-ring (bicyclic) bond motifs is 1. The molecule has 0 saturated carbocycles. The summed E-state index contributed by atoms with van der Waals surface area (Å²) in [6, 6.07) is 11.5. The Bertz CT molecular complexity index is 1180. The van der Waals surface area contributed by atoms with E-state index in [0.717, 1.165) is 11.4 Å². The van der Waals surface area contributed by atoms with Gasteiger partial charge in [-0.2, -0.15) is 0 Å². The average molecular weight is 379 g/mol. The van der Waals surface area contributed by atoms with Gasteiger partial charge in [0.25, 0.3) is 11.5 Å². The van der Waals surface area contributed by atoms with E-state index in [9.17, 15) is 9.59 Å². The van der Waals surface area contributed by atoms with E-state index in [2.05, 4.69) is 15.0 Å². The molecule has 7 nitrogen and oxygen atoms in total. The Balaban J connectivity index is 1.59. The third-order valence-electron chi connectivity index (χ3n) is 4.34. The van der Waals surface area contributed by atoms with Gasteiger partial charge in [-0.25, -0.2) is 9.97 Å². The van der Waals surface area contributed by atoms with Crippen LogP contribution >= 0.6 is 11.3 Å². The molecule has 8 heteroatoms. The number of hydrogen-bond donors (Lipinski definition) is 1. The number of amides is 1. The normalized spacial score (nSPS) is 11.0. The number of rotatable bonds is 4. The molecule has 1 amide bonds. The van der Waals surface area contributed by atoms with Crippen LogP contribution in [-0.2, 0) is 13.6 Å². The van der Waals surface area contributed by atoms with Crippen LogP contribution in [0, 0.1) is 0 Å². The molecule has 1 N–H and O–H groups in total. The average Bonchev–Trinajstić information content (AvgIpc) is 3.28. The lowest BCUT2D eigenvalue weighted by atomic mass is 10.2. The monoisotopic (exact) mass is 379 g/mol. The van der Waals surface area contributed by atoms with Crippen molar-refractivity contribution < 1.29 is 4.79 Å². The Labute approximate surface area is 158 Å². The van der Waals surface area contributed by atoms with Gasteiger partial charge in [-0.05, 0) is 11.4 Å². The van der Waals surface area contributed by atoms with Gasteiger partial charge in [0.05, 0.1) is 18.3 Å². The van der Waals surface area contributed by atoms with Crippen LogP contribution in [0.15, 0.2) is 52.8 Å². The second kappa shape index (κ2) is 6.81. The number of nitrogens with one attached hydrogen (secondary N) is 1. The number of nitrogens with zero attached hydrogens (tertiary/aromatic N) is 4. The molecule has 0 radical (unpaired) electrons. The van der Waals surface area contributed by atoms with Gasteiger partial charge < -0.3 is 14.5 Å². The van der Waals surface area contributed by atoms with Gasteiger partial charge in [0, 0.05) is 19.7 Å². The topological polar surface area (TPSA) is 83.9 Å². The smallest absolute Gasteiger partial charge is 0.272 e. The van der Waals surface area contributed by atoms with E-state index in [1.807, 2.05) is 42.8 Å². The highest BCUT2D eigenvalue weighted by Gasteiger charge is 2.19. The lowest BCUT2D eigenvalue weighted by Gasteiger charge is -2.17. The van der Waals surface area contributed by atoms with Crippen LogP contribution < -0.4 is 5.56 Å². The zero-order valence-corrected chi connectivity index (χ0v) is 15.7. The lowest BCUT2D eigenvalue weighted by Crippen LogP contribution is -2.29. The number of benzene rings is 1. The fraction of sp³-hybridized carbons (Fsp3) is 0.158. The molecule has 3 heterocycles. The summed E-state index contributed by atoms with van der Waals surface area (Å²) in [6.45, 7) is 0.200. The highest BCUT2D eigenvalue weighted by atomic mass is 32.1. The maximum Gasteiger partial charge on any atom is 0.272 e. The van der Waals surface area contributed by atoms with Gasteiger partial charge in [-0.15, -0.1) is 11.3 Å². The molecule has 136 valence electrons. The number of aromatic nitrogens is 4. The van der Waals surface area contributed by atoms with Crippen molar-refractivity contribution in [3.8, 4) is 11.4 Å². The quantitative estimate of drug-likeness (QED) is 0.591. The molecule has 0 unspecified atom stereocenters. The second-order valence-corrected chi connectivity index (χ2v) is 7.12. The number of imidazole rings is 1. The molecule has 27 heavy (non-hydrogen) atoms. The Morgan fingerprint density at radius 3 is 2.81 bits per heavy atom. The van der Waals surface area contributed by atoms with E-state index in [4.69, 9.17) is 0 Å². The molecular weight excluding hydrogens is 362 g/mol. The third-order valence-corrected chi connectivity index (χ3v) is 5.24. The Morgan fingerprint density at radius 1 is 1.26 bits per heavy atom. The summed E-state index contributed by atoms with van der Waals surface area (Å²) in [5.41, 5.74) is 1.87. The van der Waals surface area contributed by atoms with Crippen LogP contribution in [0.3, 0.4) is 0 Å². The van der Waals surface area contributed by atoms with Crippen LogP contribution in [0.25, 0.3) is 21.6 Å². The summed E-state index contributed by atoms with van der Waals surface area (Å²) in [7, 11) is 3.49. The van der Waals surface area contributed by atoms with Gasteiger partial charge in [-0.1, -0.05) is 30.3 Å². The minimum absolute atomic E-state index is 0.183. The Kier molecular flexibility index (Phi) is 4.33. The largest absolute Gasteiger partial charge is 0.333 e. The number of carbonyl (C=O) groups excluding carboxylic acids is 1. The highest BCUT2D eigenvalue weighted by Crippen LogP contribution is 2.19. The number of hydrogen-bond acceptors (Lipinski definition) is 5. The molecule has 0 spiro atoms.